The molecule has 2 aliphatic rings. The van der Waals surface area contributed by atoms with Crippen LogP contribution in [0.1, 0.15) is 26.2 Å². The fourth-order valence-electron chi connectivity index (χ4n) is 2.75. The summed E-state index contributed by atoms with van der Waals surface area (Å²) in [5.74, 6) is 0.0729. The summed E-state index contributed by atoms with van der Waals surface area (Å²) >= 11 is 0. The van der Waals surface area contributed by atoms with Gasteiger partial charge in [-0.1, -0.05) is 6.42 Å². The van der Waals surface area contributed by atoms with Gasteiger partial charge in [0.2, 0.25) is 11.8 Å². The molecule has 1 aliphatic carbocycles. The summed E-state index contributed by atoms with van der Waals surface area (Å²) in [6, 6.07) is -0.0650. The highest BCUT2D eigenvalue weighted by atomic mass is 16.2. The molecule has 1 heterocycles. The minimum absolute atomic E-state index is 0.0137. The molecule has 1 saturated heterocycles. The Balaban J connectivity index is 2.08. The van der Waals surface area contributed by atoms with E-state index >= 15 is 0 Å². The largest absolute Gasteiger partial charge is 0.342 e. The van der Waals surface area contributed by atoms with Gasteiger partial charge in [-0.2, -0.15) is 0 Å². The van der Waals surface area contributed by atoms with Gasteiger partial charge in [0.25, 0.3) is 0 Å². The minimum atomic E-state index is -0.462. The lowest BCUT2D eigenvalue weighted by molar-refractivity contribution is -0.150. The first-order valence-electron chi connectivity index (χ1n) is 6.24. The summed E-state index contributed by atoms with van der Waals surface area (Å²) in [6.45, 7) is 3.40. The first-order chi connectivity index (χ1) is 7.95. The molecular weight excluding hydrogens is 218 g/mol. The molecular formula is C12H21N3O2. The Morgan fingerprint density at radius 3 is 2.71 bits per heavy atom. The van der Waals surface area contributed by atoms with Gasteiger partial charge in [-0.15, -0.1) is 0 Å². The van der Waals surface area contributed by atoms with Gasteiger partial charge in [0.15, 0.2) is 0 Å². The van der Waals surface area contributed by atoms with E-state index in [4.69, 9.17) is 5.73 Å². The van der Waals surface area contributed by atoms with Crippen LogP contribution in [0.25, 0.3) is 0 Å². The number of likely N-dealkylation sites (N-methyl/N-ethyl adjacent to an activating group) is 1. The first-order valence-corrected chi connectivity index (χ1v) is 6.24. The molecule has 0 aromatic rings. The molecule has 0 radical (unpaired) electrons. The molecule has 5 heteroatoms. The Bertz CT molecular complexity index is 345. The summed E-state index contributed by atoms with van der Waals surface area (Å²) in [5.41, 5.74) is 5.58. The predicted octanol–water partition coefficient (Wildman–Crippen LogP) is -0.195. The van der Waals surface area contributed by atoms with E-state index in [2.05, 4.69) is 0 Å². The molecule has 2 atom stereocenters. The zero-order chi connectivity index (χ0) is 12.6. The van der Waals surface area contributed by atoms with E-state index in [1.54, 1.807) is 16.8 Å². The van der Waals surface area contributed by atoms with Gasteiger partial charge < -0.3 is 15.5 Å². The second-order valence-electron chi connectivity index (χ2n) is 5.46. The Morgan fingerprint density at radius 1 is 1.47 bits per heavy atom. The smallest absolute Gasteiger partial charge is 0.241 e. The summed E-state index contributed by atoms with van der Waals surface area (Å²) < 4.78 is 0. The molecule has 0 aromatic heterocycles. The summed E-state index contributed by atoms with van der Waals surface area (Å²) in [5, 5.41) is 0. The van der Waals surface area contributed by atoms with Crippen LogP contribution in [0, 0.1) is 5.41 Å². The Kier molecular flexibility index (Phi) is 3.12. The van der Waals surface area contributed by atoms with E-state index < -0.39 is 5.41 Å². The summed E-state index contributed by atoms with van der Waals surface area (Å²) in [7, 11) is 1.77. The van der Waals surface area contributed by atoms with Crippen molar-refractivity contribution in [2.75, 3.05) is 26.7 Å². The number of piperazine rings is 1. The lowest BCUT2D eigenvalue weighted by Crippen LogP contribution is -2.56. The number of hydrogen-bond acceptors (Lipinski definition) is 3. The highest BCUT2D eigenvalue weighted by Gasteiger charge is 2.45. The number of rotatable bonds is 1. The average Bonchev–Trinajstić information content (AvgIpc) is 2.63. The van der Waals surface area contributed by atoms with Crippen molar-refractivity contribution in [1.29, 1.82) is 0 Å². The fourth-order valence-corrected chi connectivity index (χ4v) is 2.75. The third-order valence-electron chi connectivity index (χ3n) is 4.26. The number of nitrogens with zero attached hydrogens (tertiary/aromatic N) is 2. The number of carbonyl (C=O) groups excluding carboxylic acids is 2. The lowest BCUT2D eigenvalue weighted by atomic mass is 9.83. The number of carbonyl (C=O) groups is 2. The first kappa shape index (κ1) is 12.4. The van der Waals surface area contributed by atoms with Crippen LogP contribution in [-0.2, 0) is 9.59 Å². The lowest BCUT2D eigenvalue weighted by Gasteiger charge is -2.38. The van der Waals surface area contributed by atoms with E-state index in [0.717, 1.165) is 19.3 Å². The van der Waals surface area contributed by atoms with Crippen molar-refractivity contribution >= 4 is 11.8 Å². The monoisotopic (exact) mass is 239 g/mol. The van der Waals surface area contributed by atoms with Crippen LogP contribution in [0.3, 0.4) is 0 Å². The Hall–Kier alpha value is -1.10. The van der Waals surface area contributed by atoms with E-state index in [1.807, 2.05) is 6.92 Å². The second kappa shape index (κ2) is 4.29. The SMILES string of the molecule is CN1CCN(C(=O)C2(C)CCCC2N)CC1=O. The van der Waals surface area contributed by atoms with Crippen molar-refractivity contribution < 1.29 is 9.59 Å². The molecule has 1 saturated carbocycles. The average molecular weight is 239 g/mol. The maximum Gasteiger partial charge on any atom is 0.241 e. The standard InChI is InChI=1S/C12H21N3O2/c1-12(5-3-4-9(12)13)11(17)15-7-6-14(2)10(16)8-15/h9H,3-8,13H2,1-2H3. The topological polar surface area (TPSA) is 66.6 Å². The van der Waals surface area contributed by atoms with E-state index in [0.29, 0.717) is 13.1 Å². The molecule has 2 N–H and O–H groups in total. The molecule has 2 fully saturated rings. The van der Waals surface area contributed by atoms with Gasteiger partial charge in [-0.25, -0.2) is 0 Å². The quantitative estimate of drug-likeness (QED) is 0.689. The molecule has 2 unspecified atom stereocenters. The summed E-state index contributed by atoms with van der Waals surface area (Å²) in [4.78, 5) is 27.4. The molecule has 2 rings (SSSR count). The van der Waals surface area contributed by atoms with Crippen molar-refractivity contribution in [2.24, 2.45) is 11.1 Å². The second-order valence-corrected chi connectivity index (χ2v) is 5.46. The molecule has 0 bridgehead atoms. The minimum Gasteiger partial charge on any atom is -0.342 e. The van der Waals surface area contributed by atoms with Crippen LogP contribution >= 0.6 is 0 Å². The third-order valence-corrected chi connectivity index (χ3v) is 4.26. The third kappa shape index (κ3) is 2.04. The maximum absolute atomic E-state index is 12.5. The molecule has 5 nitrogen and oxygen atoms in total. The molecule has 2 amide bonds. The van der Waals surface area contributed by atoms with Gasteiger partial charge in [0, 0.05) is 26.2 Å². The number of nitrogens with two attached hydrogens (primary N) is 1. The van der Waals surface area contributed by atoms with Crippen LogP contribution < -0.4 is 5.73 Å². The van der Waals surface area contributed by atoms with E-state index in [1.165, 1.54) is 0 Å². The van der Waals surface area contributed by atoms with Gasteiger partial charge in [-0.3, -0.25) is 9.59 Å². The normalized spacial score (nSPS) is 34.3. The number of hydrogen-bond donors (Lipinski definition) is 1. The highest BCUT2D eigenvalue weighted by Crippen LogP contribution is 2.38. The van der Waals surface area contributed by atoms with Crippen molar-refractivity contribution in [3.05, 3.63) is 0 Å². The van der Waals surface area contributed by atoms with Crippen molar-refractivity contribution in [3.63, 3.8) is 0 Å². The van der Waals surface area contributed by atoms with Crippen LogP contribution in [0.15, 0.2) is 0 Å². The van der Waals surface area contributed by atoms with Crippen LogP contribution in [0.2, 0.25) is 0 Å². The van der Waals surface area contributed by atoms with E-state index in [9.17, 15) is 9.59 Å². The predicted molar refractivity (Wildman–Crippen MR) is 64.2 cm³/mol. The zero-order valence-electron chi connectivity index (χ0n) is 10.6. The highest BCUT2D eigenvalue weighted by molar-refractivity contribution is 5.89. The Morgan fingerprint density at radius 2 is 2.18 bits per heavy atom. The fraction of sp³-hybridized carbons (Fsp3) is 0.833. The van der Waals surface area contributed by atoms with Gasteiger partial charge in [-0.05, 0) is 19.8 Å². The van der Waals surface area contributed by atoms with Crippen LogP contribution in [0.5, 0.6) is 0 Å². The molecule has 96 valence electrons. The Labute approximate surface area is 102 Å². The maximum atomic E-state index is 12.5. The van der Waals surface area contributed by atoms with Crippen molar-refractivity contribution in [1.82, 2.24) is 9.80 Å². The van der Waals surface area contributed by atoms with Gasteiger partial charge >= 0.3 is 0 Å². The van der Waals surface area contributed by atoms with E-state index in [-0.39, 0.29) is 24.4 Å². The molecule has 1 aliphatic heterocycles. The van der Waals surface area contributed by atoms with Crippen LogP contribution in [-0.4, -0.2) is 54.3 Å². The molecule has 0 spiro atoms. The van der Waals surface area contributed by atoms with Crippen molar-refractivity contribution in [3.8, 4) is 0 Å². The zero-order valence-corrected chi connectivity index (χ0v) is 10.6. The molecule has 17 heavy (non-hydrogen) atoms. The summed E-state index contributed by atoms with van der Waals surface area (Å²) in [6.07, 6.45) is 2.75. The van der Waals surface area contributed by atoms with Crippen LogP contribution in [0.4, 0.5) is 0 Å². The molecule has 0 aromatic carbocycles. The van der Waals surface area contributed by atoms with Gasteiger partial charge in [0.05, 0.1) is 12.0 Å². The van der Waals surface area contributed by atoms with Crippen molar-refractivity contribution in [2.45, 2.75) is 32.2 Å². The number of amides is 2. The van der Waals surface area contributed by atoms with Gasteiger partial charge in [0.1, 0.15) is 0 Å².